The lowest BCUT2D eigenvalue weighted by molar-refractivity contribution is -0.394. The summed E-state index contributed by atoms with van der Waals surface area (Å²) < 4.78 is 5.37. The van der Waals surface area contributed by atoms with Crippen molar-refractivity contribution in [3.8, 4) is 5.75 Å². The quantitative estimate of drug-likeness (QED) is 0.461. The van der Waals surface area contributed by atoms with E-state index in [0.717, 1.165) is 11.8 Å². The molecule has 0 bridgehead atoms. The second kappa shape index (κ2) is 9.04. The van der Waals surface area contributed by atoms with Gasteiger partial charge in [0.2, 0.25) is 0 Å². The van der Waals surface area contributed by atoms with Gasteiger partial charge < -0.3 is 4.74 Å². The van der Waals surface area contributed by atoms with Crippen molar-refractivity contribution in [1.29, 1.82) is 0 Å². The Labute approximate surface area is 139 Å². The fourth-order valence-electron chi connectivity index (χ4n) is 1.68. The number of hydrogen-bond donors (Lipinski definition) is 0. The van der Waals surface area contributed by atoms with Crippen molar-refractivity contribution in [3.63, 3.8) is 0 Å². The average Bonchev–Trinajstić information content (AvgIpc) is 2.56. The van der Waals surface area contributed by atoms with Crippen LogP contribution in [0.15, 0.2) is 55.1 Å². The second-order valence-electron chi connectivity index (χ2n) is 4.88. The van der Waals surface area contributed by atoms with E-state index in [1.807, 2.05) is 12.1 Å². The summed E-state index contributed by atoms with van der Waals surface area (Å²) in [5.74, 6) is 0.915. The summed E-state index contributed by atoms with van der Waals surface area (Å²) in [5, 5.41) is 20.3. The first kappa shape index (κ1) is 18.8. The van der Waals surface area contributed by atoms with Crippen molar-refractivity contribution in [1.82, 2.24) is 0 Å². The number of benzene rings is 2. The molecule has 0 aliphatic carbocycles. The molecule has 0 aliphatic heterocycles. The number of nitro groups is 2. The zero-order valence-corrected chi connectivity index (χ0v) is 13.5. The van der Waals surface area contributed by atoms with Gasteiger partial charge in [-0.15, -0.1) is 0 Å². The van der Waals surface area contributed by atoms with Crippen LogP contribution in [-0.2, 0) is 0 Å². The van der Waals surface area contributed by atoms with Gasteiger partial charge in [-0.3, -0.25) is 20.2 Å². The summed E-state index contributed by atoms with van der Waals surface area (Å²) in [4.78, 5) is 19.0. The van der Waals surface area contributed by atoms with Gasteiger partial charge in [0.05, 0.1) is 15.9 Å². The van der Waals surface area contributed by atoms with E-state index in [2.05, 4.69) is 26.5 Å². The maximum absolute atomic E-state index is 10.2. The van der Waals surface area contributed by atoms with Gasteiger partial charge in [-0.2, -0.15) is 0 Å². The molecule has 0 amide bonds. The minimum atomic E-state index is -0.674. The number of rotatable bonds is 5. The number of ether oxygens (including phenoxy) is 1. The maximum atomic E-state index is 10.2. The van der Waals surface area contributed by atoms with Gasteiger partial charge in [0.25, 0.3) is 11.4 Å². The van der Waals surface area contributed by atoms with E-state index >= 15 is 0 Å². The molecule has 0 N–H and O–H groups in total. The summed E-state index contributed by atoms with van der Waals surface area (Å²) in [5.41, 5.74) is 2.01. The predicted molar refractivity (Wildman–Crippen MR) is 91.4 cm³/mol. The van der Waals surface area contributed by atoms with E-state index in [9.17, 15) is 20.2 Å². The van der Waals surface area contributed by atoms with Gasteiger partial charge in [-0.1, -0.05) is 18.7 Å². The average molecular weight is 330 g/mol. The number of non-ortho nitro benzene ring substituents is 2. The van der Waals surface area contributed by atoms with Crippen molar-refractivity contribution in [2.75, 3.05) is 6.61 Å². The van der Waals surface area contributed by atoms with Crippen molar-refractivity contribution in [2.45, 2.75) is 13.8 Å². The van der Waals surface area contributed by atoms with Crippen LogP contribution in [-0.4, -0.2) is 16.5 Å². The van der Waals surface area contributed by atoms with E-state index in [4.69, 9.17) is 4.74 Å². The van der Waals surface area contributed by atoms with E-state index in [0.29, 0.717) is 6.61 Å². The van der Waals surface area contributed by atoms with E-state index in [-0.39, 0.29) is 11.4 Å². The Morgan fingerprint density at radius 3 is 2.04 bits per heavy atom. The maximum Gasteiger partial charge on any atom is 0.276 e. The molecule has 2 rings (SSSR count). The summed E-state index contributed by atoms with van der Waals surface area (Å²) in [6, 6.07) is 10.7. The summed E-state index contributed by atoms with van der Waals surface area (Å²) in [6.45, 7) is 8.33. The molecule has 2 aromatic carbocycles. The van der Waals surface area contributed by atoms with Crippen molar-refractivity contribution in [2.24, 2.45) is 0 Å². The smallest absolute Gasteiger partial charge is 0.276 e. The zero-order chi connectivity index (χ0) is 18.1. The monoisotopic (exact) mass is 330 g/mol. The summed E-state index contributed by atoms with van der Waals surface area (Å²) in [6.07, 6.45) is 1.75. The highest BCUT2D eigenvalue weighted by Gasteiger charge is 2.11. The Balaban J connectivity index is 0.000000240. The highest BCUT2D eigenvalue weighted by atomic mass is 16.6. The molecule has 7 nitrogen and oxygen atoms in total. The van der Waals surface area contributed by atoms with Crippen LogP contribution in [0, 0.1) is 34.1 Å². The molecule has 0 atom stereocenters. The van der Waals surface area contributed by atoms with Crippen LogP contribution in [0.1, 0.15) is 11.1 Å². The van der Waals surface area contributed by atoms with E-state index in [1.165, 1.54) is 29.3 Å². The molecule has 2 aromatic rings. The molecule has 0 saturated carbocycles. The lowest BCUT2D eigenvalue weighted by atomic mass is 10.1. The lowest BCUT2D eigenvalue weighted by Crippen LogP contribution is -1.93. The fourth-order valence-corrected chi connectivity index (χ4v) is 1.68. The minimum absolute atomic E-state index is 0.274. The van der Waals surface area contributed by atoms with Crippen LogP contribution >= 0.6 is 0 Å². The number of hydrogen-bond acceptors (Lipinski definition) is 5. The molecule has 0 aliphatic rings. The van der Waals surface area contributed by atoms with Crippen LogP contribution in [0.5, 0.6) is 5.75 Å². The topological polar surface area (TPSA) is 95.5 Å². The van der Waals surface area contributed by atoms with Crippen LogP contribution in [0.25, 0.3) is 0 Å². The third-order valence-electron chi connectivity index (χ3n) is 3.10. The Bertz CT molecular complexity index is 714. The molecular weight excluding hydrogens is 312 g/mol. The number of nitro benzene ring substituents is 2. The van der Waals surface area contributed by atoms with Gasteiger partial charge in [0.15, 0.2) is 0 Å². The Hall–Kier alpha value is -3.22. The molecule has 0 aromatic heterocycles. The van der Waals surface area contributed by atoms with Crippen LogP contribution in [0.4, 0.5) is 11.4 Å². The Morgan fingerprint density at radius 2 is 1.58 bits per heavy atom. The van der Waals surface area contributed by atoms with Gasteiger partial charge in [0, 0.05) is 12.1 Å². The van der Waals surface area contributed by atoms with Crippen LogP contribution < -0.4 is 4.74 Å². The summed E-state index contributed by atoms with van der Waals surface area (Å²) in [7, 11) is 0. The Kier molecular flexibility index (Phi) is 7.09. The van der Waals surface area contributed by atoms with Crippen molar-refractivity contribution in [3.05, 3.63) is 86.5 Å². The van der Waals surface area contributed by atoms with Crippen molar-refractivity contribution < 1.29 is 14.6 Å². The molecule has 7 heteroatoms. The first-order valence-corrected chi connectivity index (χ1v) is 7.05. The highest BCUT2D eigenvalue weighted by Crippen LogP contribution is 2.18. The molecule has 0 spiro atoms. The highest BCUT2D eigenvalue weighted by molar-refractivity contribution is 5.42. The molecule has 0 fully saturated rings. The summed E-state index contributed by atoms with van der Waals surface area (Å²) >= 11 is 0. The van der Waals surface area contributed by atoms with E-state index < -0.39 is 9.85 Å². The normalized spacial score (nSPS) is 9.42. The number of aryl methyl sites for hydroxylation is 2. The third kappa shape index (κ3) is 5.88. The predicted octanol–water partition coefficient (Wildman–Crippen LogP) is 4.37. The zero-order valence-electron chi connectivity index (χ0n) is 13.5. The minimum Gasteiger partial charge on any atom is -0.490 e. The van der Waals surface area contributed by atoms with Crippen LogP contribution in [0.3, 0.4) is 0 Å². The fraction of sp³-hybridized carbons (Fsp3) is 0.176. The molecule has 0 saturated heterocycles. The SMILES string of the molecule is C=CCOc1ccc(C)c(C)c1.O=[N+]([O-])c1cccc([N+](=O)[O-])c1. The van der Waals surface area contributed by atoms with Crippen LogP contribution in [0.2, 0.25) is 0 Å². The molecule has 0 radical (unpaired) electrons. The van der Waals surface area contributed by atoms with Crippen molar-refractivity contribution >= 4 is 11.4 Å². The number of nitrogens with zero attached hydrogens (tertiary/aromatic N) is 2. The third-order valence-corrected chi connectivity index (χ3v) is 3.10. The first-order valence-electron chi connectivity index (χ1n) is 7.05. The van der Waals surface area contributed by atoms with Gasteiger partial charge in [-0.05, 0) is 43.2 Å². The second-order valence-corrected chi connectivity index (χ2v) is 4.88. The molecule has 0 unspecified atom stereocenters. The molecule has 24 heavy (non-hydrogen) atoms. The molecular formula is C17H18N2O5. The lowest BCUT2D eigenvalue weighted by Gasteiger charge is -2.05. The van der Waals surface area contributed by atoms with Gasteiger partial charge in [0.1, 0.15) is 12.4 Å². The molecule has 126 valence electrons. The largest absolute Gasteiger partial charge is 0.490 e. The molecule has 0 heterocycles. The Morgan fingerprint density at radius 1 is 1.00 bits per heavy atom. The van der Waals surface area contributed by atoms with Gasteiger partial charge in [-0.25, -0.2) is 0 Å². The first-order chi connectivity index (χ1) is 11.3. The van der Waals surface area contributed by atoms with E-state index in [1.54, 1.807) is 6.08 Å². The standard InChI is InChI=1S/C11H14O.C6H4N2O4/c1-4-7-12-11-6-5-9(2)10(3)8-11;9-7(10)5-2-1-3-6(4-5)8(11)12/h4-6,8H,1,7H2,2-3H3;1-4H. The van der Waals surface area contributed by atoms with Gasteiger partial charge >= 0.3 is 0 Å².